The van der Waals surface area contributed by atoms with Gasteiger partial charge >= 0.3 is 6.09 Å². The van der Waals surface area contributed by atoms with Gasteiger partial charge in [0.05, 0.1) is 19.3 Å². The fourth-order valence-electron chi connectivity index (χ4n) is 1.32. The van der Waals surface area contributed by atoms with Gasteiger partial charge < -0.3 is 14.7 Å². The number of pyridine rings is 1. The number of amides is 1. The van der Waals surface area contributed by atoms with Gasteiger partial charge in [0.2, 0.25) is 0 Å². The van der Waals surface area contributed by atoms with Gasteiger partial charge in [0.1, 0.15) is 11.9 Å². The van der Waals surface area contributed by atoms with Crippen molar-refractivity contribution in [1.29, 1.82) is 0 Å². The molecule has 2 rings (SSSR count). The van der Waals surface area contributed by atoms with Crippen molar-refractivity contribution in [2.24, 2.45) is 0 Å². The summed E-state index contributed by atoms with van der Waals surface area (Å²) in [6, 6.07) is 1.80. The zero-order valence-corrected chi connectivity index (χ0v) is 9.35. The highest BCUT2D eigenvalue weighted by molar-refractivity contribution is 9.10. The van der Waals surface area contributed by atoms with E-state index in [4.69, 9.17) is 9.84 Å². The number of hydrogen-bond donors (Lipinski definition) is 1. The molecule has 0 atom stereocenters. The molecule has 0 radical (unpaired) electrons. The van der Waals surface area contributed by atoms with Crippen LogP contribution in [0.15, 0.2) is 22.9 Å². The van der Waals surface area contributed by atoms with Crippen LogP contribution in [0.3, 0.4) is 0 Å². The normalized spacial score (nSPS) is 15.9. The minimum Gasteiger partial charge on any atom is -0.485 e. The van der Waals surface area contributed by atoms with E-state index < -0.39 is 6.09 Å². The van der Waals surface area contributed by atoms with Crippen molar-refractivity contribution in [3.05, 3.63) is 22.9 Å². The summed E-state index contributed by atoms with van der Waals surface area (Å²) in [7, 11) is 0. The SMILES string of the molecule is O=C(O)N1CC(Oc2cncc(Br)c2)C1. The smallest absolute Gasteiger partial charge is 0.407 e. The molecule has 1 fully saturated rings. The molecule has 1 aliphatic rings. The largest absolute Gasteiger partial charge is 0.485 e. The summed E-state index contributed by atoms with van der Waals surface area (Å²) in [4.78, 5) is 15.7. The van der Waals surface area contributed by atoms with Crippen molar-refractivity contribution in [2.45, 2.75) is 6.10 Å². The highest BCUT2D eigenvalue weighted by Gasteiger charge is 2.32. The number of carboxylic acid groups (broad SMARTS) is 1. The van der Waals surface area contributed by atoms with Crippen LogP contribution < -0.4 is 4.74 Å². The van der Waals surface area contributed by atoms with E-state index in [-0.39, 0.29) is 6.10 Å². The van der Waals surface area contributed by atoms with E-state index in [1.54, 1.807) is 18.5 Å². The van der Waals surface area contributed by atoms with Crippen LogP contribution in [0.25, 0.3) is 0 Å². The van der Waals surface area contributed by atoms with Gasteiger partial charge in [-0.25, -0.2) is 4.79 Å². The summed E-state index contributed by atoms with van der Waals surface area (Å²) in [6.45, 7) is 0.837. The average Bonchev–Trinajstić information content (AvgIpc) is 2.10. The topological polar surface area (TPSA) is 62.7 Å². The zero-order chi connectivity index (χ0) is 10.8. The Bertz CT molecular complexity index is 379. The number of ether oxygens (including phenoxy) is 1. The molecule has 80 valence electrons. The third-order valence-corrected chi connectivity index (χ3v) is 2.53. The fraction of sp³-hybridized carbons (Fsp3) is 0.333. The van der Waals surface area contributed by atoms with Gasteiger partial charge in [-0.2, -0.15) is 0 Å². The Kier molecular flexibility index (Phi) is 2.77. The molecule has 1 aromatic heterocycles. The van der Waals surface area contributed by atoms with Crippen molar-refractivity contribution in [3.63, 3.8) is 0 Å². The Morgan fingerprint density at radius 3 is 2.93 bits per heavy atom. The number of likely N-dealkylation sites (tertiary alicyclic amines) is 1. The third-order valence-electron chi connectivity index (χ3n) is 2.10. The Labute approximate surface area is 94.8 Å². The first kappa shape index (κ1) is 10.2. The van der Waals surface area contributed by atoms with E-state index in [2.05, 4.69) is 20.9 Å². The van der Waals surface area contributed by atoms with Crippen LogP contribution in [0.5, 0.6) is 5.75 Å². The first-order valence-electron chi connectivity index (χ1n) is 4.40. The van der Waals surface area contributed by atoms with E-state index in [9.17, 15) is 4.79 Å². The standard InChI is InChI=1S/C9H9BrN2O3/c10-6-1-7(3-11-2-6)15-8-4-12(5-8)9(13)14/h1-3,8H,4-5H2,(H,13,14). The summed E-state index contributed by atoms with van der Waals surface area (Å²) in [6.07, 6.45) is 2.31. The lowest BCUT2D eigenvalue weighted by atomic mass is 10.2. The number of nitrogens with zero attached hydrogens (tertiary/aromatic N) is 2. The molecule has 0 spiro atoms. The third kappa shape index (κ3) is 2.38. The molecule has 1 N–H and O–H groups in total. The zero-order valence-electron chi connectivity index (χ0n) is 7.76. The second kappa shape index (κ2) is 4.06. The van der Waals surface area contributed by atoms with Gasteiger partial charge in [0, 0.05) is 10.7 Å². The molecule has 1 aliphatic heterocycles. The summed E-state index contributed by atoms with van der Waals surface area (Å²) < 4.78 is 6.36. The molecule has 0 aliphatic carbocycles. The maximum absolute atomic E-state index is 10.5. The molecule has 0 unspecified atom stereocenters. The number of halogens is 1. The van der Waals surface area contributed by atoms with E-state index in [0.29, 0.717) is 18.8 Å². The number of carbonyl (C=O) groups is 1. The lowest BCUT2D eigenvalue weighted by molar-refractivity contribution is 0.0250. The lowest BCUT2D eigenvalue weighted by Gasteiger charge is -2.36. The van der Waals surface area contributed by atoms with Gasteiger partial charge in [0.25, 0.3) is 0 Å². The molecule has 1 saturated heterocycles. The van der Waals surface area contributed by atoms with Gasteiger partial charge in [-0.1, -0.05) is 0 Å². The molecule has 6 heteroatoms. The van der Waals surface area contributed by atoms with Gasteiger partial charge in [-0.05, 0) is 22.0 Å². The average molecular weight is 273 g/mol. The van der Waals surface area contributed by atoms with Crippen LogP contribution >= 0.6 is 15.9 Å². The summed E-state index contributed by atoms with van der Waals surface area (Å²) in [5.41, 5.74) is 0. The van der Waals surface area contributed by atoms with Crippen molar-refractivity contribution in [2.75, 3.05) is 13.1 Å². The predicted octanol–water partition coefficient (Wildman–Crippen LogP) is 1.59. The molecule has 0 saturated carbocycles. The van der Waals surface area contributed by atoms with Gasteiger partial charge in [-0.3, -0.25) is 4.98 Å². The maximum Gasteiger partial charge on any atom is 0.407 e. The van der Waals surface area contributed by atoms with Crippen molar-refractivity contribution < 1.29 is 14.6 Å². The first-order valence-corrected chi connectivity index (χ1v) is 5.19. The Balaban J connectivity index is 1.87. The maximum atomic E-state index is 10.5. The highest BCUT2D eigenvalue weighted by Crippen LogP contribution is 2.20. The molecule has 0 bridgehead atoms. The summed E-state index contributed by atoms with van der Waals surface area (Å²) in [5, 5.41) is 8.61. The molecular formula is C9H9BrN2O3. The molecule has 5 nitrogen and oxygen atoms in total. The highest BCUT2D eigenvalue weighted by atomic mass is 79.9. The van der Waals surface area contributed by atoms with Crippen LogP contribution in [-0.2, 0) is 0 Å². The van der Waals surface area contributed by atoms with Crippen molar-refractivity contribution in [1.82, 2.24) is 9.88 Å². The van der Waals surface area contributed by atoms with Crippen LogP contribution in [0.4, 0.5) is 4.79 Å². The van der Waals surface area contributed by atoms with Crippen LogP contribution in [0, 0.1) is 0 Å². The number of hydrogen-bond acceptors (Lipinski definition) is 3. The van der Waals surface area contributed by atoms with E-state index in [0.717, 1.165) is 4.47 Å². The molecule has 1 aromatic rings. The van der Waals surface area contributed by atoms with E-state index in [1.165, 1.54) is 4.90 Å². The summed E-state index contributed by atoms with van der Waals surface area (Å²) >= 11 is 3.28. The second-order valence-corrected chi connectivity index (χ2v) is 4.18. The van der Waals surface area contributed by atoms with E-state index >= 15 is 0 Å². The summed E-state index contributed by atoms with van der Waals surface area (Å²) in [5.74, 6) is 0.652. The van der Waals surface area contributed by atoms with Gasteiger partial charge in [-0.15, -0.1) is 0 Å². The monoisotopic (exact) mass is 272 g/mol. The predicted molar refractivity (Wildman–Crippen MR) is 56.0 cm³/mol. The Morgan fingerprint density at radius 2 is 2.33 bits per heavy atom. The minimum atomic E-state index is -0.901. The number of rotatable bonds is 2. The number of aromatic nitrogens is 1. The van der Waals surface area contributed by atoms with Crippen molar-refractivity contribution in [3.8, 4) is 5.75 Å². The van der Waals surface area contributed by atoms with Crippen LogP contribution in [-0.4, -0.2) is 40.3 Å². The quantitative estimate of drug-likeness (QED) is 0.888. The Morgan fingerprint density at radius 1 is 1.60 bits per heavy atom. The van der Waals surface area contributed by atoms with Crippen LogP contribution in [0.1, 0.15) is 0 Å². The molecule has 15 heavy (non-hydrogen) atoms. The fourth-order valence-corrected chi connectivity index (χ4v) is 1.66. The molecule has 2 heterocycles. The molecule has 1 amide bonds. The first-order chi connectivity index (χ1) is 7.15. The Hall–Kier alpha value is -1.30. The van der Waals surface area contributed by atoms with Crippen molar-refractivity contribution >= 4 is 22.0 Å². The van der Waals surface area contributed by atoms with Gasteiger partial charge in [0.15, 0.2) is 0 Å². The van der Waals surface area contributed by atoms with Crippen LogP contribution in [0.2, 0.25) is 0 Å². The lowest BCUT2D eigenvalue weighted by Crippen LogP contribution is -2.55. The van der Waals surface area contributed by atoms with E-state index in [1.807, 2.05) is 0 Å². The minimum absolute atomic E-state index is 0.0581. The second-order valence-electron chi connectivity index (χ2n) is 3.27. The molecule has 0 aromatic carbocycles. The molecular weight excluding hydrogens is 264 g/mol.